The van der Waals surface area contributed by atoms with Crippen molar-refractivity contribution < 1.29 is 13.6 Å². The van der Waals surface area contributed by atoms with Crippen LogP contribution in [-0.2, 0) is 0 Å². The minimum atomic E-state index is -0.516. The maximum absolute atomic E-state index is 13.1. The molecule has 1 amide bonds. The Bertz CT molecular complexity index is 851. The maximum atomic E-state index is 13.1. The molecule has 0 aliphatic carbocycles. The summed E-state index contributed by atoms with van der Waals surface area (Å²) in [5, 5.41) is 10.2. The molecule has 0 atom stereocenters. The Balaban J connectivity index is 1.78. The lowest BCUT2D eigenvalue weighted by atomic mass is 10.2. The van der Waals surface area contributed by atoms with Crippen molar-refractivity contribution in [2.24, 2.45) is 0 Å². The van der Waals surface area contributed by atoms with Crippen LogP contribution >= 0.6 is 11.8 Å². The highest BCUT2D eigenvalue weighted by Crippen LogP contribution is 2.24. The van der Waals surface area contributed by atoms with Crippen LogP contribution < -0.4 is 5.32 Å². The van der Waals surface area contributed by atoms with Crippen LogP contribution in [0, 0.1) is 5.82 Å². The molecule has 23 heavy (non-hydrogen) atoms. The van der Waals surface area contributed by atoms with E-state index in [4.69, 9.17) is 4.42 Å². The van der Waals surface area contributed by atoms with Gasteiger partial charge >= 0.3 is 6.01 Å². The molecule has 0 aliphatic heterocycles. The SMILES string of the molecule is CSc1cccc(-c2nnc(NC(=O)c3cccc(F)c3)o2)c1. The molecule has 0 saturated carbocycles. The van der Waals surface area contributed by atoms with Gasteiger partial charge in [0.15, 0.2) is 0 Å². The van der Waals surface area contributed by atoms with E-state index in [2.05, 4.69) is 15.5 Å². The minimum Gasteiger partial charge on any atom is -0.403 e. The van der Waals surface area contributed by atoms with Crippen molar-refractivity contribution in [1.82, 2.24) is 10.2 Å². The van der Waals surface area contributed by atoms with Crippen molar-refractivity contribution in [3.63, 3.8) is 0 Å². The third-order valence-electron chi connectivity index (χ3n) is 3.05. The maximum Gasteiger partial charge on any atom is 0.322 e. The molecule has 2 aromatic carbocycles. The van der Waals surface area contributed by atoms with Gasteiger partial charge in [-0.05, 0) is 42.7 Å². The fourth-order valence-corrected chi connectivity index (χ4v) is 2.40. The summed E-state index contributed by atoms with van der Waals surface area (Å²) in [6, 6.07) is 12.9. The van der Waals surface area contributed by atoms with E-state index in [0.29, 0.717) is 5.89 Å². The molecule has 1 N–H and O–H groups in total. The van der Waals surface area contributed by atoms with E-state index in [1.807, 2.05) is 30.5 Å². The molecule has 0 fully saturated rings. The lowest BCUT2D eigenvalue weighted by Gasteiger charge is -2.00. The van der Waals surface area contributed by atoms with Gasteiger partial charge in [-0.2, -0.15) is 0 Å². The number of nitrogens with zero attached hydrogens (tertiary/aromatic N) is 2. The number of benzene rings is 2. The monoisotopic (exact) mass is 329 g/mol. The summed E-state index contributed by atoms with van der Waals surface area (Å²) >= 11 is 1.60. The van der Waals surface area contributed by atoms with Gasteiger partial charge in [0.25, 0.3) is 5.91 Å². The lowest BCUT2D eigenvalue weighted by molar-refractivity contribution is 0.102. The van der Waals surface area contributed by atoms with Crippen LogP contribution in [0.5, 0.6) is 0 Å². The van der Waals surface area contributed by atoms with E-state index in [1.165, 1.54) is 18.2 Å². The number of anilines is 1. The number of hydrogen-bond donors (Lipinski definition) is 1. The Hall–Kier alpha value is -2.67. The number of halogens is 1. The average molecular weight is 329 g/mol. The van der Waals surface area contributed by atoms with E-state index in [1.54, 1.807) is 11.8 Å². The second kappa shape index (κ2) is 6.62. The number of hydrogen-bond acceptors (Lipinski definition) is 5. The Morgan fingerprint density at radius 3 is 2.78 bits per heavy atom. The first-order chi connectivity index (χ1) is 11.2. The van der Waals surface area contributed by atoms with Crippen molar-refractivity contribution >= 4 is 23.7 Å². The molecule has 0 saturated heterocycles. The van der Waals surface area contributed by atoms with Gasteiger partial charge in [-0.3, -0.25) is 10.1 Å². The molecule has 1 heterocycles. The number of carbonyl (C=O) groups excluding carboxylic acids is 1. The number of rotatable bonds is 4. The summed E-state index contributed by atoms with van der Waals surface area (Å²) in [6.45, 7) is 0. The fourth-order valence-electron chi connectivity index (χ4n) is 1.95. The van der Waals surface area contributed by atoms with Gasteiger partial charge in [-0.25, -0.2) is 4.39 Å². The molecule has 0 aliphatic rings. The minimum absolute atomic E-state index is 0.0381. The molecule has 3 aromatic rings. The first kappa shape index (κ1) is 15.2. The Morgan fingerprint density at radius 1 is 1.17 bits per heavy atom. The summed E-state index contributed by atoms with van der Waals surface area (Å²) in [5.74, 6) is -0.703. The van der Waals surface area contributed by atoms with Crippen molar-refractivity contribution in [1.29, 1.82) is 0 Å². The third kappa shape index (κ3) is 3.57. The van der Waals surface area contributed by atoms with Crippen LogP contribution in [0.25, 0.3) is 11.5 Å². The number of aromatic nitrogens is 2. The molecule has 1 aromatic heterocycles. The van der Waals surface area contributed by atoms with Gasteiger partial charge in [0.2, 0.25) is 5.89 Å². The predicted molar refractivity (Wildman–Crippen MR) is 85.9 cm³/mol. The van der Waals surface area contributed by atoms with E-state index >= 15 is 0 Å². The summed E-state index contributed by atoms with van der Waals surface area (Å²) in [6.07, 6.45) is 1.97. The van der Waals surface area contributed by atoms with Gasteiger partial charge in [0.1, 0.15) is 5.82 Å². The fraction of sp³-hybridized carbons (Fsp3) is 0.0625. The normalized spacial score (nSPS) is 10.5. The van der Waals surface area contributed by atoms with E-state index in [-0.39, 0.29) is 11.6 Å². The Labute approximate surface area is 135 Å². The molecule has 3 rings (SSSR count). The molecule has 116 valence electrons. The summed E-state index contributed by atoms with van der Waals surface area (Å²) in [4.78, 5) is 13.1. The highest BCUT2D eigenvalue weighted by atomic mass is 32.2. The summed E-state index contributed by atoms with van der Waals surface area (Å²) in [5.41, 5.74) is 0.935. The Morgan fingerprint density at radius 2 is 2.00 bits per heavy atom. The molecule has 7 heteroatoms. The Kier molecular flexibility index (Phi) is 4.38. The van der Waals surface area contributed by atoms with Crippen molar-refractivity contribution in [3.05, 3.63) is 59.9 Å². The van der Waals surface area contributed by atoms with Gasteiger partial charge in [-0.1, -0.05) is 17.2 Å². The smallest absolute Gasteiger partial charge is 0.322 e. The van der Waals surface area contributed by atoms with E-state index < -0.39 is 11.7 Å². The first-order valence-corrected chi connectivity index (χ1v) is 7.93. The molecule has 0 spiro atoms. The van der Waals surface area contributed by atoms with Crippen LogP contribution in [0.4, 0.5) is 10.4 Å². The zero-order valence-corrected chi connectivity index (χ0v) is 12.9. The lowest BCUT2D eigenvalue weighted by Crippen LogP contribution is -2.12. The molecule has 0 unspecified atom stereocenters. The van der Waals surface area contributed by atoms with Crippen molar-refractivity contribution in [2.75, 3.05) is 11.6 Å². The van der Waals surface area contributed by atoms with Gasteiger partial charge in [0.05, 0.1) is 0 Å². The molecular weight excluding hydrogens is 317 g/mol. The van der Waals surface area contributed by atoms with Gasteiger partial charge < -0.3 is 4.42 Å². The van der Waals surface area contributed by atoms with Crippen molar-refractivity contribution in [3.8, 4) is 11.5 Å². The van der Waals surface area contributed by atoms with E-state index in [0.717, 1.165) is 16.5 Å². The van der Waals surface area contributed by atoms with Crippen LogP contribution in [-0.4, -0.2) is 22.4 Å². The van der Waals surface area contributed by atoms with Crippen LogP contribution in [0.15, 0.2) is 57.8 Å². The summed E-state index contributed by atoms with van der Waals surface area (Å²) in [7, 11) is 0. The average Bonchev–Trinajstić information content (AvgIpc) is 3.03. The predicted octanol–water partition coefficient (Wildman–Crippen LogP) is 3.85. The molecule has 0 radical (unpaired) electrons. The van der Waals surface area contributed by atoms with Gasteiger partial charge in [-0.15, -0.1) is 16.9 Å². The van der Waals surface area contributed by atoms with Crippen molar-refractivity contribution in [2.45, 2.75) is 4.90 Å². The highest BCUT2D eigenvalue weighted by Gasteiger charge is 2.13. The van der Waals surface area contributed by atoms with E-state index in [9.17, 15) is 9.18 Å². The summed E-state index contributed by atoms with van der Waals surface area (Å²) < 4.78 is 18.6. The van der Waals surface area contributed by atoms with Crippen LogP contribution in [0.2, 0.25) is 0 Å². The second-order valence-electron chi connectivity index (χ2n) is 4.61. The second-order valence-corrected chi connectivity index (χ2v) is 5.49. The third-order valence-corrected chi connectivity index (χ3v) is 3.77. The quantitative estimate of drug-likeness (QED) is 0.736. The highest BCUT2D eigenvalue weighted by molar-refractivity contribution is 7.98. The number of thioether (sulfide) groups is 1. The molecule has 5 nitrogen and oxygen atoms in total. The number of carbonyl (C=O) groups is 1. The standard InChI is InChI=1S/C16H12FN3O2S/c1-23-13-7-3-5-11(9-13)15-19-20-16(22-15)18-14(21)10-4-2-6-12(17)8-10/h2-9H,1H3,(H,18,20,21). The zero-order chi connectivity index (χ0) is 16.2. The zero-order valence-electron chi connectivity index (χ0n) is 12.1. The van der Waals surface area contributed by atoms with Crippen LogP contribution in [0.3, 0.4) is 0 Å². The van der Waals surface area contributed by atoms with Crippen LogP contribution in [0.1, 0.15) is 10.4 Å². The first-order valence-electron chi connectivity index (χ1n) is 6.70. The number of nitrogens with one attached hydrogen (secondary N) is 1. The number of amides is 1. The topological polar surface area (TPSA) is 68.0 Å². The molecular formula is C16H12FN3O2S. The molecule has 0 bridgehead atoms. The van der Waals surface area contributed by atoms with Gasteiger partial charge in [0, 0.05) is 16.0 Å². The largest absolute Gasteiger partial charge is 0.403 e.